The standard InChI is InChI=1S/C47H30N4/c1-3-4-16-37-30(2)36-17-8-6-14-34(36)28-42(37)46-49-45(33-24-22-32(23-25-33)44-39-19-10-5-13-31(39)26-27-48-44)50-47(51-46)43-29-35-15-7-9-18-38(35)40-20-11-12-21-41(40)43/h1,4-29H,2H3/b16-4-. The van der Waals surface area contributed by atoms with Gasteiger partial charge in [-0.15, -0.1) is 6.42 Å². The maximum Gasteiger partial charge on any atom is 0.164 e. The van der Waals surface area contributed by atoms with Crippen LogP contribution in [0.3, 0.4) is 0 Å². The number of terminal acetylenes is 1. The Morgan fingerprint density at radius 1 is 0.510 bits per heavy atom. The maximum absolute atomic E-state index is 5.73. The molecule has 0 aliphatic carbocycles. The number of aryl methyl sites for hydroxylation is 1. The molecule has 0 saturated heterocycles. The van der Waals surface area contributed by atoms with Gasteiger partial charge in [0, 0.05) is 33.8 Å². The van der Waals surface area contributed by atoms with Crippen molar-refractivity contribution in [3.63, 3.8) is 0 Å². The molecular formula is C47H30N4. The lowest BCUT2D eigenvalue weighted by Crippen LogP contribution is -2.02. The molecule has 4 nitrogen and oxygen atoms in total. The Kier molecular flexibility index (Phi) is 7.38. The van der Waals surface area contributed by atoms with Gasteiger partial charge in [-0.3, -0.25) is 4.98 Å². The Morgan fingerprint density at radius 3 is 1.80 bits per heavy atom. The summed E-state index contributed by atoms with van der Waals surface area (Å²) in [4.78, 5) is 20.4. The van der Waals surface area contributed by atoms with Crippen molar-refractivity contribution >= 4 is 49.2 Å². The van der Waals surface area contributed by atoms with E-state index < -0.39 is 0 Å². The zero-order valence-electron chi connectivity index (χ0n) is 27.9. The molecule has 0 N–H and O–H groups in total. The third-order valence-electron chi connectivity index (χ3n) is 9.68. The normalized spacial score (nSPS) is 11.5. The molecule has 0 aliphatic rings. The van der Waals surface area contributed by atoms with Crippen molar-refractivity contribution in [1.29, 1.82) is 0 Å². The molecule has 0 unspecified atom stereocenters. The Labute approximate surface area is 295 Å². The highest BCUT2D eigenvalue weighted by Gasteiger charge is 2.19. The maximum atomic E-state index is 5.73. The predicted molar refractivity (Wildman–Crippen MR) is 212 cm³/mol. The van der Waals surface area contributed by atoms with Crippen LogP contribution in [0.25, 0.3) is 94.6 Å². The van der Waals surface area contributed by atoms with Crippen LogP contribution in [0.1, 0.15) is 11.1 Å². The van der Waals surface area contributed by atoms with Crippen LogP contribution in [0.2, 0.25) is 0 Å². The minimum Gasteiger partial charge on any atom is -0.256 e. The van der Waals surface area contributed by atoms with Crippen LogP contribution >= 0.6 is 0 Å². The van der Waals surface area contributed by atoms with Crippen molar-refractivity contribution in [1.82, 2.24) is 19.9 Å². The Morgan fingerprint density at radius 2 is 1.06 bits per heavy atom. The SMILES string of the molecule is C#C/C=C\c1c(-c2nc(-c3ccc(-c4nccc5ccccc45)cc3)nc(-c3cc4ccccc4c4ccccc34)n2)cc2ccccc2c1C. The summed E-state index contributed by atoms with van der Waals surface area (Å²) in [6, 6.07) is 48.4. The van der Waals surface area contributed by atoms with Gasteiger partial charge in [-0.1, -0.05) is 127 Å². The highest BCUT2D eigenvalue weighted by Crippen LogP contribution is 2.37. The first-order valence-electron chi connectivity index (χ1n) is 16.9. The van der Waals surface area contributed by atoms with Crippen molar-refractivity contribution < 1.29 is 0 Å². The molecule has 2 heterocycles. The van der Waals surface area contributed by atoms with Crippen LogP contribution < -0.4 is 0 Å². The van der Waals surface area contributed by atoms with Gasteiger partial charge in [0.2, 0.25) is 0 Å². The third-order valence-corrected chi connectivity index (χ3v) is 9.68. The molecular weight excluding hydrogens is 621 g/mol. The van der Waals surface area contributed by atoms with Gasteiger partial charge < -0.3 is 0 Å². The molecule has 0 bridgehead atoms. The van der Waals surface area contributed by atoms with Crippen LogP contribution in [0, 0.1) is 19.3 Å². The fourth-order valence-corrected chi connectivity index (χ4v) is 7.19. The molecule has 0 saturated carbocycles. The largest absolute Gasteiger partial charge is 0.256 e. The molecule has 0 atom stereocenters. The summed E-state index contributed by atoms with van der Waals surface area (Å²) in [5.41, 5.74) is 6.78. The number of fused-ring (bicyclic) bond motifs is 5. The van der Waals surface area contributed by atoms with Gasteiger partial charge in [-0.2, -0.15) is 0 Å². The number of nitrogens with zero attached hydrogens (tertiary/aromatic N) is 4. The Hall–Kier alpha value is -6.96. The first kappa shape index (κ1) is 30.1. The summed E-state index contributed by atoms with van der Waals surface area (Å²) in [5, 5.41) is 9.08. The Bertz CT molecular complexity index is 2870. The number of hydrogen-bond acceptors (Lipinski definition) is 4. The van der Waals surface area contributed by atoms with Crippen molar-refractivity contribution in [2.45, 2.75) is 6.92 Å². The molecule has 0 fully saturated rings. The average molecular weight is 651 g/mol. The van der Waals surface area contributed by atoms with E-state index in [1.807, 2.05) is 24.4 Å². The van der Waals surface area contributed by atoms with E-state index in [0.717, 1.165) is 76.8 Å². The van der Waals surface area contributed by atoms with Gasteiger partial charge in [0.25, 0.3) is 0 Å². The lowest BCUT2D eigenvalue weighted by molar-refractivity contribution is 1.08. The number of aromatic nitrogens is 4. The minimum atomic E-state index is 0.581. The number of allylic oxidation sites excluding steroid dienone is 1. The topological polar surface area (TPSA) is 51.6 Å². The first-order valence-corrected chi connectivity index (χ1v) is 16.9. The van der Waals surface area contributed by atoms with E-state index in [4.69, 9.17) is 26.4 Å². The van der Waals surface area contributed by atoms with E-state index in [-0.39, 0.29) is 0 Å². The number of hydrogen-bond donors (Lipinski definition) is 0. The van der Waals surface area contributed by atoms with Crippen molar-refractivity contribution in [3.05, 3.63) is 163 Å². The number of pyridine rings is 1. The molecule has 7 aromatic carbocycles. The summed E-state index contributed by atoms with van der Waals surface area (Å²) in [7, 11) is 0. The van der Waals surface area contributed by atoms with E-state index in [1.165, 1.54) is 5.39 Å². The highest BCUT2D eigenvalue weighted by molar-refractivity contribution is 6.13. The average Bonchev–Trinajstić information content (AvgIpc) is 3.20. The quantitative estimate of drug-likeness (QED) is 0.137. The third kappa shape index (κ3) is 5.29. The molecule has 4 heteroatoms. The van der Waals surface area contributed by atoms with E-state index in [9.17, 15) is 0 Å². The zero-order chi connectivity index (χ0) is 34.3. The van der Waals surface area contributed by atoms with E-state index >= 15 is 0 Å². The Balaban J connectivity index is 1.29. The number of benzene rings is 7. The molecule has 0 spiro atoms. The van der Waals surface area contributed by atoms with Gasteiger partial charge in [-0.25, -0.2) is 15.0 Å². The molecule has 51 heavy (non-hydrogen) atoms. The molecule has 0 radical (unpaired) electrons. The van der Waals surface area contributed by atoms with E-state index in [1.54, 1.807) is 6.08 Å². The lowest BCUT2D eigenvalue weighted by Gasteiger charge is -2.15. The van der Waals surface area contributed by atoms with Gasteiger partial charge in [0.05, 0.1) is 5.69 Å². The van der Waals surface area contributed by atoms with Crippen LogP contribution in [0.4, 0.5) is 0 Å². The molecule has 0 amide bonds. The summed E-state index contributed by atoms with van der Waals surface area (Å²) in [6.45, 7) is 2.13. The summed E-state index contributed by atoms with van der Waals surface area (Å²) in [5.74, 6) is 4.45. The first-order chi connectivity index (χ1) is 25.2. The molecule has 9 aromatic rings. The van der Waals surface area contributed by atoms with Crippen LogP contribution in [-0.2, 0) is 0 Å². The van der Waals surface area contributed by atoms with Gasteiger partial charge >= 0.3 is 0 Å². The van der Waals surface area contributed by atoms with Crippen molar-refractivity contribution in [2.24, 2.45) is 0 Å². The zero-order valence-corrected chi connectivity index (χ0v) is 27.9. The second-order valence-corrected chi connectivity index (χ2v) is 12.6. The predicted octanol–water partition coefficient (Wildman–Crippen LogP) is 11.5. The van der Waals surface area contributed by atoms with Gasteiger partial charge in [-0.05, 0) is 86.1 Å². The second kappa shape index (κ2) is 12.5. The number of rotatable bonds is 5. The fourth-order valence-electron chi connectivity index (χ4n) is 7.19. The van der Waals surface area contributed by atoms with Crippen LogP contribution in [-0.4, -0.2) is 19.9 Å². The van der Waals surface area contributed by atoms with Gasteiger partial charge in [0.1, 0.15) is 0 Å². The molecule has 0 aliphatic heterocycles. The van der Waals surface area contributed by atoms with Crippen molar-refractivity contribution in [3.8, 4) is 57.8 Å². The van der Waals surface area contributed by atoms with E-state index in [0.29, 0.717) is 17.5 Å². The van der Waals surface area contributed by atoms with Crippen molar-refractivity contribution in [2.75, 3.05) is 0 Å². The lowest BCUT2D eigenvalue weighted by atomic mass is 9.93. The fraction of sp³-hybridized carbons (Fsp3) is 0.0213. The molecule has 2 aromatic heterocycles. The summed E-state index contributed by atoms with van der Waals surface area (Å²) in [6.07, 6.45) is 11.3. The smallest absolute Gasteiger partial charge is 0.164 e. The summed E-state index contributed by atoms with van der Waals surface area (Å²) < 4.78 is 0. The molecule has 238 valence electrons. The minimum absolute atomic E-state index is 0.581. The van der Waals surface area contributed by atoms with Crippen LogP contribution in [0.5, 0.6) is 0 Å². The highest BCUT2D eigenvalue weighted by atomic mass is 15.0. The van der Waals surface area contributed by atoms with Crippen LogP contribution in [0.15, 0.2) is 152 Å². The van der Waals surface area contributed by atoms with Gasteiger partial charge in [0.15, 0.2) is 17.5 Å². The monoisotopic (exact) mass is 650 g/mol. The molecule has 9 rings (SSSR count). The second-order valence-electron chi connectivity index (χ2n) is 12.6. The van der Waals surface area contributed by atoms with E-state index in [2.05, 4.69) is 140 Å². The summed E-state index contributed by atoms with van der Waals surface area (Å²) >= 11 is 0.